The molecule has 19 heavy (non-hydrogen) atoms. The maximum absolute atomic E-state index is 12.5. The second kappa shape index (κ2) is 5.74. The van der Waals surface area contributed by atoms with Gasteiger partial charge in [-0.2, -0.15) is 13.2 Å². The van der Waals surface area contributed by atoms with Crippen LogP contribution in [0.2, 0.25) is 0 Å². The molecule has 1 saturated heterocycles. The molecule has 2 atom stereocenters. The molecule has 0 saturated carbocycles. The smallest absolute Gasteiger partial charge is 0.377 e. The third-order valence-electron chi connectivity index (χ3n) is 3.34. The van der Waals surface area contributed by atoms with E-state index in [2.05, 4.69) is 0 Å². The minimum absolute atomic E-state index is 0.246. The SMILES string of the molecule is O=C([C@@H]1CCCO[C@H]1Cc1ccccc1)C(F)(F)F. The lowest BCUT2D eigenvalue weighted by Crippen LogP contribution is -2.42. The van der Waals surface area contributed by atoms with E-state index in [1.54, 1.807) is 0 Å². The zero-order valence-electron chi connectivity index (χ0n) is 10.3. The summed E-state index contributed by atoms with van der Waals surface area (Å²) in [5.74, 6) is -2.73. The number of hydrogen-bond acceptors (Lipinski definition) is 2. The van der Waals surface area contributed by atoms with Gasteiger partial charge in [-0.05, 0) is 24.8 Å². The van der Waals surface area contributed by atoms with Gasteiger partial charge in [-0.15, -0.1) is 0 Å². The van der Waals surface area contributed by atoms with Crippen LogP contribution in [0, 0.1) is 5.92 Å². The van der Waals surface area contributed by atoms with Crippen LogP contribution in [0.15, 0.2) is 30.3 Å². The minimum atomic E-state index is -4.78. The maximum Gasteiger partial charge on any atom is 0.450 e. The fourth-order valence-corrected chi connectivity index (χ4v) is 2.40. The average molecular weight is 272 g/mol. The van der Waals surface area contributed by atoms with E-state index in [1.807, 2.05) is 30.3 Å². The van der Waals surface area contributed by atoms with Crippen LogP contribution in [0.1, 0.15) is 18.4 Å². The third kappa shape index (κ3) is 3.56. The van der Waals surface area contributed by atoms with E-state index >= 15 is 0 Å². The number of hydrogen-bond donors (Lipinski definition) is 0. The van der Waals surface area contributed by atoms with Gasteiger partial charge in [0.1, 0.15) is 0 Å². The summed E-state index contributed by atoms with van der Waals surface area (Å²) in [6.07, 6.45) is -4.37. The summed E-state index contributed by atoms with van der Waals surface area (Å²) >= 11 is 0. The van der Waals surface area contributed by atoms with Crippen LogP contribution in [0.3, 0.4) is 0 Å². The molecule has 0 unspecified atom stereocenters. The van der Waals surface area contributed by atoms with Crippen LogP contribution in [-0.2, 0) is 16.0 Å². The van der Waals surface area contributed by atoms with Gasteiger partial charge >= 0.3 is 6.18 Å². The van der Waals surface area contributed by atoms with Crippen LogP contribution in [0.5, 0.6) is 0 Å². The van der Waals surface area contributed by atoms with Gasteiger partial charge in [0.25, 0.3) is 0 Å². The first-order valence-corrected chi connectivity index (χ1v) is 6.25. The Labute approximate surface area is 109 Å². The highest BCUT2D eigenvalue weighted by atomic mass is 19.4. The topological polar surface area (TPSA) is 26.3 Å². The summed E-state index contributed by atoms with van der Waals surface area (Å²) in [5.41, 5.74) is 0.884. The highest BCUT2D eigenvalue weighted by molar-refractivity contribution is 5.86. The highest BCUT2D eigenvalue weighted by Crippen LogP contribution is 2.31. The van der Waals surface area contributed by atoms with Crippen LogP contribution in [0.4, 0.5) is 13.2 Å². The Bertz CT molecular complexity index is 428. The van der Waals surface area contributed by atoms with E-state index in [-0.39, 0.29) is 6.42 Å². The summed E-state index contributed by atoms with van der Waals surface area (Å²) in [6.45, 7) is 0.416. The molecule has 1 aliphatic heterocycles. The predicted molar refractivity (Wildman–Crippen MR) is 63.7 cm³/mol. The number of carbonyl (C=O) groups is 1. The molecular formula is C14H15F3O2. The largest absolute Gasteiger partial charge is 0.450 e. The Morgan fingerprint density at radius 3 is 2.58 bits per heavy atom. The van der Waals surface area contributed by atoms with Crippen molar-refractivity contribution in [2.45, 2.75) is 31.5 Å². The summed E-state index contributed by atoms with van der Waals surface area (Å²) < 4.78 is 43.0. The molecule has 0 amide bonds. The molecule has 0 aromatic heterocycles. The number of ether oxygens (including phenoxy) is 1. The number of ketones is 1. The van der Waals surface area contributed by atoms with Crippen molar-refractivity contribution < 1.29 is 22.7 Å². The highest BCUT2D eigenvalue weighted by Gasteiger charge is 2.46. The van der Waals surface area contributed by atoms with E-state index < -0.39 is 24.0 Å². The number of alkyl halides is 3. The van der Waals surface area contributed by atoms with Crippen molar-refractivity contribution in [3.05, 3.63) is 35.9 Å². The lowest BCUT2D eigenvalue weighted by molar-refractivity contribution is -0.183. The molecule has 1 fully saturated rings. The van der Waals surface area contributed by atoms with Crippen LogP contribution >= 0.6 is 0 Å². The lowest BCUT2D eigenvalue weighted by atomic mass is 9.86. The quantitative estimate of drug-likeness (QED) is 0.845. The van der Waals surface area contributed by atoms with Gasteiger partial charge in [0, 0.05) is 6.61 Å². The molecule has 0 bridgehead atoms. The minimum Gasteiger partial charge on any atom is -0.377 e. The first kappa shape index (κ1) is 14.1. The molecule has 1 aromatic rings. The first-order valence-electron chi connectivity index (χ1n) is 6.25. The molecular weight excluding hydrogens is 257 g/mol. The van der Waals surface area contributed by atoms with Crippen molar-refractivity contribution in [3.8, 4) is 0 Å². The Balaban J connectivity index is 2.10. The average Bonchev–Trinajstić information content (AvgIpc) is 2.39. The molecule has 0 aliphatic carbocycles. The maximum atomic E-state index is 12.5. The fraction of sp³-hybridized carbons (Fsp3) is 0.500. The number of benzene rings is 1. The number of Topliss-reactive ketones (excluding diaryl/α,β-unsaturated/α-hetero) is 1. The molecule has 0 spiro atoms. The van der Waals surface area contributed by atoms with Crippen LogP contribution in [-0.4, -0.2) is 24.7 Å². The van der Waals surface area contributed by atoms with E-state index in [4.69, 9.17) is 4.74 Å². The lowest BCUT2D eigenvalue weighted by Gasteiger charge is -2.31. The van der Waals surface area contributed by atoms with Crippen molar-refractivity contribution in [1.29, 1.82) is 0 Å². The van der Waals surface area contributed by atoms with Crippen LogP contribution < -0.4 is 0 Å². The van der Waals surface area contributed by atoms with Crippen LogP contribution in [0.25, 0.3) is 0 Å². The van der Waals surface area contributed by atoms with Gasteiger partial charge in [0.15, 0.2) is 0 Å². The summed E-state index contributed by atoms with van der Waals surface area (Å²) in [5, 5.41) is 0. The molecule has 1 aromatic carbocycles. The summed E-state index contributed by atoms with van der Waals surface area (Å²) in [6, 6.07) is 9.13. The molecule has 1 heterocycles. The van der Waals surface area contributed by atoms with Crippen molar-refractivity contribution in [1.82, 2.24) is 0 Å². The Hall–Kier alpha value is -1.36. The third-order valence-corrected chi connectivity index (χ3v) is 3.34. The molecule has 5 heteroatoms. The molecule has 2 rings (SSSR count). The monoisotopic (exact) mass is 272 g/mol. The van der Waals surface area contributed by atoms with Gasteiger partial charge in [0.2, 0.25) is 5.78 Å². The van der Waals surface area contributed by atoms with E-state index in [1.165, 1.54) is 0 Å². The normalized spacial score (nSPS) is 24.2. The second-order valence-corrected chi connectivity index (χ2v) is 4.71. The van der Waals surface area contributed by atoms with Crippen molar-refractivity contribution >= 4 is 5.78 Å². The number of halogens is 3. The fourth-order valence-electron chi connectivity index (χ4n) is 2.40. The van der Waals surface area contributed by atoms with E-state index in [0.717, 1.165) is 5.56 Å². The molecule has 0 radical (unpaired) electrons. The zero-order valence-corrected chi connectivity index (χ0v) is 10.3. The summed E-state index contributed by atoms with van der Waals surface area (Å²) in [7, 11) is 0. The van der Waals surface area contributed by atoms with E-state index in [0.29, 0.717) is 19.4 Å². The second-order valence-electron chi connectivity index (χ2n) is 4.71. The van der Waals surface area contributed by atoms with Gasteiger partial charge in [-0.1, -0.05) is 30.3 Å². The Kier molecular flexibility index (Phi) is 4.24. The molecule has 1 aliphatic rings. The van der Waals surface area contributed by atoms with Crippen molar-refractivity contribution in [3.63, 3.8) is 0 Å². The molecule has 0 N–H and O–H groups in total. The number of carbonyl (C=O) groups excluding carboxylic acids is 1. The Morgan fingerprint density at radius 2 is 1.95 bits per heavy atom. The van der Waals surface area contributed by atoms with Gasteiger partial charge in [-0.25, -0.2) is 0 Å². The number of rotatable bonds is 3. The van der Waals surface area contributed by atoms with E-state index in [9.17, 15) is 18.0 Å². The standard InChI is InChI=1S/C14H15F3O2/c15-14(16,17)13(18)11-7-4-8-19-12(11)9-10-5-2-1-3-6-10/h1-3,5-6,11-12H,4,7-9H2/t11-,12+/m1/s1. The first-order chi connectivity index (χ1) is 8.98. The Morgan fingerprint density at radius 1 is 1.26 bits per heavy atom. The zero-order chi connectivity index (χ0) is 13.9. The summed E-state index contributed by atoms with van der Waals surface area (Å²) in [4.78, 5) is 11.4. The predicted octanol–water partition coefficient (Wildman–Crippen LogP) is 3.16. The molecule has 2 nitrogen and oxygen atoms in total. The van der Waals surface area contributed by atoms with Gasteiger partial charge in [-0.3, -0.25) is 4.79 Å². The van der Waals surface area contributed by atoms with Gasteiger partial charge < -0.3 is 4.74 Å². The molecule has 104 valence electrons. The van der Waals surface area contributed by atoms with Crippen molar-refractivity contribution in [2.24, 2.45) is 5.92 Å². The van der Waals surface area contributed by atoms with Gasteiger partial charge in [0.05, 0.1) is 12.0 Å². The van der Waals surface area contributed by atoms with Crippen molar-refractivity contribution in [2.75, 3.05) is 6.61 Å².